The zero-order valence-corrected chi connectivity index (χ0v) is 12.3. The molecule has 0 aliphatic heterocycles. The Hall–Kier alpha value is -1.06. The Morgan fingerprint density at radius 1 is 1.22 bits per heavy atom. The molecule has 2 atom stereocenters. The maximum atomic E-state index is 11.7. The standard InChI is InChI=1S/C14H22N2O.ClH/c1-9-5-10(2)7-13(6-9)12(4)16-14(17)11(3)8-15;/h5-7,11-12H,8,15H2,1-4H3,(H,16,17);1H. The number of halogens is 1. The lowest BCUT2D eigenvalue weighted by Crippen LogP contribution is -2.34. The van der Waals surface area contributed by atoms with Gasteiger partial charge in [0.15, 0.2) is 0 Å². The summed E-state index contributed by atoms with van der Waals surface area (Å²) in [6.07, 6.45) is 0. The van der Waals surface area contributed by atoms with E-state index in [0.29, 0.717) is 6.54 Å². The fraction of sp³-hybridized carbons (Fsp3) is 0.500. The fourth-order valence-corrected chi connectivity index (χ4v) is 1.81. The zero-order valence-electron chi connectivity index (χ0n) is 11.5. The Kier molecular flexibility index (Phi) is 6.96. The Balaban J connectivity index is 0.00000289. The average Bonchev–Trinajstić information content (AvgIpc) is 2.26. The smallest absolute Gasteiger partial charge is 0.224 e. The minimum Gasteiger partial charge on any atom is -0.349 e. The molecular weight excluding hydrogens is 248 g/mol. The molecule has 1 aromatic rings. The van der Waals surface area contributed by atoms with E-state index < -0.39 is 0 Å². The number of hydrogen-bond acceptors (Lipinski definition) is 2. The molecule has 3 N–H and O–H groups in total. The SMILES string of the molecule is Cc1cc(C)cc(C(C)NC(=O)C(C)CN)c1.Cl. The molecule has 0 radical (unpaired) electrons. The van der Waals surface area contributed by atoms with Crippen molar-refractivity contribution in [3.8, 4) is 0 Å². The highest BCUT2D eigenvalue weighted by atomic mass is 35.5. The van der Waals surface area contributed by atoms with Crippen LogP contribution in [-0.4, -0.2) is 12.5 Å². The molecule has 0 fully saturated rings. The van der Waals surface area contributed by atoms with Gasteiger partial charge in [-0.1, -0.05) is 36.2 Å². The van der Waals surface area contributed by atoms with Crippen LogP contribution in [0.25, 0.3) is 0 Å². The molecule has 3 nitrogen and oxygen atoms in total. The summed E-state index contributed by atoms with van der Waals surface area (Å²) in [5.41, 5.74) is 9.05. The van der Waals surface area contributed by atoms with Gasteiger partial charge in [-0.3, -0.25) is 4.79 Å². The van der Waals surface area contributed by atoms with Crippen LogP contribution in [0.1, 0.15) is 36.6 Å². The third-order valence-corrected chi connectivity index (χ3v) is 2.90. The zero-order chi connectivity index (χ0) is 13.0. The van der Waals surface area contributed by atoms with Crippen molar-refractivity contribution in [1.29, 1.82) is 0 Å². The van der Waals surface area contributed by atoms with E-state index in [4.69, 9.17) is 5.73 Å². The maximum absolute atomic E-state index is 11.7. The molecule has 1 amide bonds. The lowest BCUT2D eigenvalue weighted by atomic mass is 10.0. The second-order valence-corrected chi connectivity index (χ2v) is 4.79. The summed E-state index contributed by atoms with van der Waals surface area (Å²) in [6, 6.07) is 6.35. The van der Waals surface area contributed by atoms with Gasteiger partial charge < -0.3 is 11.1 Å². The molecule has 2 unspecified atom stereocenters. The van der Waals surface area contributed by atoms with Gasteiger partial charge in [-0.25, -0.2) is 0 Å². The van der Waals surface area contributed by atoms with Gasteiger partial charge in [-0.15, -0.1) is 12.4 Å². The Morgan fingerprint density at radius 2 is 1.72 bits per heavy atom. The van der Waals surface area contributed by atoms with Crippen LogP contribution in [0.15, 0.2) is 18.2 Å². The third-order valence-electron chi connectivity index (χ3n) is 2.90. The molecule has 1 rings (SSSR count). The summed E-state index contributed by atoms with van der Waals surface area (Å²) in [5, 5.41) is 2.98. The Bertz CT molecular complexity index is 387. The summed E-state index contributed by atoms with van der Waals surface area (Å²) in [7, 11) is 0. The Morgan fingerprint density at radius 3 is 2.17 bits per heavy atom. The third kappa shape index (κ3) is 4.67. The van der Waals surface area contributed by atoms with E-state index in [1.807, 2.05) is 13.8 Å². The van der Waals surface area contributed by atoms with Crippen LogP contribution in [0.2, 0.25) is 0 Å². The van der Waals surface area contributed by atoms with E-state index >= 15 is 0 Å². The van der Waals surface area contributed by atoms with Gasteiger partial charge in [-0.05, 0) is 26.3 Å². The molecule has 0 heterocycles. The molecule has 0 saturated heterocycles. The van der Waals surface area contributed by atoms with Crippen molar-refractivity contribution in [2.45, 2.75) is 33.7 Å². The largest absolute Gasteiger partial charge is 0.349 e. The highest BCUT2D eigenvalue weighted by Crippen LogP contribution is 2.16. The van der Waals surface area contributed by atoms with Crippen molar-refractivity contribution >= 4 is 18.3 Å². The van der Waals surface area contributed by atoms with Crippen LogP contribution in [0.3, 0.4) is 0 Å². The van der Waals surface area contributed by atoms with Crippen LogP contribution in [0.5, 0.6) is 0 Å². The first-order valence-corrected chi connectivity index (χ1v) is 6.02. The van der Waals surface area contributed by atoms with Crippen molar-refractivity contribution in [1.82, 2.24) is 5.32 Å². The van der Waals surface area contributed by atoms with Crippen LogP contribution < -0.4 is 11.1 Å². The summed E-state index contributed by atoms with van der Waals surface area (Å²) >= 11 is 0. The van der Waals surface area contributed by atoms with Crippen LogP contribution >= 0.6 is 12.4 Å². The quantitative estimate of drug-likeness (QED) is 0.883. The molecule has 4 heteroatoms. The van der Waals surface area contributed by atoms with E-state index in [2.05, 4.69) is 37.4 Å². The number of carbonyl (C=O) groups excluding carboxylic acids is 1. The number of hydrogen-bond donors (Lipinski definition) is 2. The highest BCUT2D eigenvalue weighted by molar-refractivity contribution is 5.85. The van der Waals surface area contributed by atoms with Crippen LogP contribution in [0, 0.1) is 19.8 Å². The summed E-state index contributed by atoms with van der Waals surface area (Å²) in [6.45, 7) is 8.34. The lowest BCUT2D eigenvalue weighted by Gasteiger charge is -2.18. The van der Waals surface area contributed by atoms with E-state index in [-0.39, 0.29) is 30.3 Å². The van der Waals surface area contributed by atoms with E-state index in [1.54, 1.807) is 0 Å². The number of rotatable bonds is 4. The molecule has 0 aliphatic rings. The fourth-order valence-electron chi connectivity index (χ4n) is 1.81. The molecule has 18 heavy (non-hydrogen) atoms. The van der Waals surface area contributed by atoms with Crippen molar-refractivity contribution in [2.24, 2.45) is 11.7 Å². The average molecular weight is 271 g/mol. The Labute approximate surface area is 116 Å². The number of nitrogens with two attached hydrogens (primary N) is 1. The van der Waals surface area contributed by atoms with Gasteiger partial charge in [0, 0.05) is 12.5 Å². The van der Waals surface area contributed by atoms with Crippen molar-refractivity contribution in [3.05, 3.63) is 34.9 Å². The van der Waals surface area contributed by atoms with E-state index in [1.165, 1.54) is 11.1 Å². The van der Waals surface area contributed by atoms with Crippen LogP contribution in [-0.2, 0) is 4.79 Å². The van der Waals surface area contributed by atoms with Gasteiger partial charge in [0.1, 0.15) is 0 Å². The molecule has 0 bridgehead atoms. The molecule has 102 valence electrons. The summed E-state index contributed by atoms with van der Waals surface area (Å²) in [4.78, 5) is 11.7. The normalized spacial score (nSPS) is 13.4. The molecule has 0 saturated carbocycles. The first kappa shape index (κ1) is 16.9. The van der Waals surface area contributed by atoms with E-state index in [9.17, 15) is 4.79 Å². The second kappa shape index (κ2) is 7.39. The molecule has 0 aromatic heterocycles. The molecular formula is C14H23ClN2O. The first-order chi connectivity index (χ1) is 7.93. The predicted octanol–water partition coefficient (Wildman–Crippen LogP) is 2.50. The summed E-state index contributed by atoms with van der Waals surface area (Å²) in [5.74, 6) is -0.123. The van der Waals surface area contributed by atoms with Gasteiger partial charge in [0.05, 0.1) is 6.04 Å². The number of aryl methyl sites for hydroxylation is 2. The van der Waals surface area contributed by atoms with Gasteiger partial charge >= 0.3 is 0 Å². The van der Waals surface area contributed by atoms with Crippen molar-refractivity contribution < 1.29 is 4.79 Å². The minimum atomic E-state index is -0.136. The van der Waals surface area contributed by atoms with Crippen LogP contribution in [0.4, 0.5) is 0 Å². The summed E-state index contributed by atoms with van der Waals surface area (Å²) < 4.78 is 0. The first-order valence-electron chi connectivity index (χ1n) is 6.02. The number of amides is 1. The topological polar surface area (TPSA) is 55.1 Å². The minimum absolute atomic E-state index is 0. The van der Waals surface area contributed by atoms with Gasteiger partial charge in [-0.2, -0.15) is 0 Å². The van der Waals surface area contributed by atoms with E-state index in [0.717, 1.165) is 5.56 Å². The number of benzene rings is 1. The lowest BCUT2D eigenvalue weighted by molar-refractivity contribution is -0.124. The highest BCUT2D eigenvalue weighted by Gasteiger charge is 2.14. The predicted molar refractivity (Wildman–Crippen MR) is 77.9 cm³/mol. The number of carbonyl (C=O) groups is 1. The maximum Gasteiger partial charge on any atom is 0.224 e. The molecule has 0 spiro atoms. The molecule has 0 aliphatic carbocycles. The van der Waals surface area contributed by atoms with Crippen molar-refractivity contribution in [2.75, 3.05) is 6.54 Å². The van der Waals surface area contributed by atoms with Gasteiger partial charge in [0.2, 0.25) is 5.91 Å². The van der Waals surface area contributed by atoms with Crippen molar-refractivity contribution in [3.63, 3.8) is 0 Å². The monoisotopic (exact) mass is 270 g/mol. The number of nitrogens with one attached hydrogen (secondary N) is 1. The molecule has 1 aromatic carbocycles. The van der Waals surface area contributed by atoms with Gasteiger partial charge in [0.25, 0.3) is 0 Å². The second-order valence-electron chi connectivity index (χ2n) is 4.79.